The highest BCUT2D eigenvalue weighted by atomic mass is 32.2. The van der Waals surface area contributed by atoms with Crippen molar-refractivity contribution >= 4 is 33.3 Å². The van der Waals surface area contributed by atoms with Crippen LogP contribution in [0.4, 0.5) is 0 Å². The molecular formula is C21H22N6O2S2. The standard InChI is InChI=1S/C21H22N6O2S2/c1-12-5-7-14(8-6-12)17-13(2)31-20-18(17)19(28)22-16(23-20)11-30-21-24-25-26-27(21)10-15-4-3-9-29-15/h5-8,15H,3-4,9-11H2,1-2H3,(H,22,23,28). The van der Waals surface area contributed by atoms with Crippen LogP contribution in [0.15, 0.2) is 34.2 Å². The normalized spacial score (nSPS) is 16.4. The van der Waals surface area contributed by atoms with Gasteiger partial charge in [0.25, 0.3) is 5.56 Å². The van der Waals surface area contributed by atoms with Gasteiger partial charge in [0, 0.05) is 17.0 Å². The first kappa shape index (κ1) is 20.3. The number of aromatic amines is 1. The molecule has 1 aromatic carbocycles. The first-order chi connectivity index (χ1) is 15.1. The molecule has 1 aliphatic heterocycles. The number of hydrogen-bond acceptors (Lipinski definition) is 8. The molecule has 1 N–H and O–H groups in total. The Kier molecular flexibility index (Phi) is 5.59. The molecule has 1 atom stereocenters. The monoisotopic (exact) mass is 454 g/mol. The van der Waals surface area contributed by atoms with Gasteiger partial charge in [-0.3, -0.25) is 4.79 Å². The maximum atomic E-state index is 13.0. The minimum absolute atomic E-state index is 0.112. The van der Waals surface area contributed by atoms with Gasteiger partial charge in [-0.05, 0) is 42.7 Å². The minimum Gasteiger partial charge on any atom is -0.376 e. The maximum absolute atomic E-state index is 13.0. The zero-order valence-corrected chi connectivity index (χ0v) is 18.9. The number of hydrogen-bond donors (Lipinski definition) is 1. The van der Waals surface area contributed by atoms with Gasteiger partial charge >= 0.3 is 0 Å². The molecule has 0 bridgehead atoms. The number of aromatic nitrogens is 6. The average molecular weight is 455 g/mol. The Morgan fingerprint density at radius 1 is 1.29 bits per heavy atom. The van der Waals surface area contributed by atoms with Gasteiger partial charge < -0.3 is 9.72 Å². The Balaban J connectivity index is 1.39. The fourth-order valence-electron chi connectivity index (χ4n) is 3.83. The molecule has 1 unspecified atom stereocenters. The van der Waals surface area contributed by atoms with E-state index in [4.69, 9.17) is 9.72 Å². The zero-order chi connectivity index (χ0) is 21.4. The number of H-pyrrole nitrogens is 1. The van der Waals surface area contributed by atoms with Crippen molar-refractivity contribution in [2.75, 3.05) is 6.61 Å². The Bertz CT molecular complexity index is 1270. The van der Waals surface area contributed by atoms with Gasteiger partial charge in [0.2, 0.25) is 5.16 Å². The van der Waals surface area contributed by atoms with Crippen molar-refractivity contribution < 1.29 is 4.74 Å². The molecule has 4 aromatic rings. The maximum Gasteiger partial charge on any atom is 0.260 e. The number of thiophene rings is 1. The van der Waals surface area contributed by atoms with E-state index in [-0.39, 0.29) is 11.7 Å². The molecular weight excluding hydrogens is 432 g/mol. The highest BCUT2D eigenvalue weighted by Gasteiger charge is 2.20. The molecule has 5 rings (SSSR count). The topological polar surface area (TPSA) is 98.6 Å². The number of aryl methyl sites for hydroxylation is 2. The second-order valence-corrected chi connectivity index (χ2v) is 9.81. The number of nitrogens with zero attached hydrogens (tertiary/aromatic N) is 5. The van der Waals surface area contributed by atoms with Crippen molar-refractivity contribution in [3.05, 3.63) is 50.9 Å². The number of fused-ring (bicyclic) bond motifs is 1. The molecule has 1 aliphatic rings. The van der Waals surface area contributed by atoms with Crippen LogP contribution in [0.1, 0.15) is 29.1 Å². The smallest absolute Gasteiger partial charge is 0.260 e. The van der Waals surface area contributed by atoms with E-state index in [1.165, 1.54) is 17.3 Å². The van der Waals surface area contributed by atoms with E-state index in [9.17, 15) is 4.79 Å². The van der Waals surface area contributed by atoms with Crippen LogP contribution in [-0.2, 0) is 17.0 Å². The predicted octanol–water partition coefficient (Wildman–Crippen LogP) is 3.73. The summed E-state index contributed by atoms with van der Waals surface area (Å²) in [7, 11) is 0. The van der Waals surface area contributed by atoms with E-state index in [2.05, 4.69) is 51.7 Å². The van der Waals surface area contributed by atoms with Crippen LogP contribution in [-0.4, -0.2) is 42.9 Å². The van der Waals surface area contributed by atoms with E-state index in [0.717, 1.165) is 40.3 Å². The summed E-state index contributed by atoms with van der Waals surface area (Å²) in [6.07, 6.45) is 2.26. The predicted molar refractivity (Wildman–Crippen MR) is 122 cm³/mol. The lowest BCUT2D eigenvalue weighted by Gasteiger charge is -2.09. The van der Waals surface area contributed by atoms with Crippen LogP contribution in [0, 0.1) is 13.8 Å². The summed E-state index contributed by atoms with van der Waals surface area (Å²) >= 11 is 3.01. The highest BCUT2D eigenvalue weighted by molar-refractivity contribution is 7.98. The van der Waals surface area contributed by atoms with Gasteiger partial charge in [0.1, 0.15) is 10.7 Å². The first-order valence-electron chi connectivity index (χ1n) is 10.2. The van der Waals surface area contributed by atoms with E-state index in [1.807, 2.05) is 6.92 Å². The molecule has 3 aromatic heterocycles. The molecule has 160 valence electrons. The molecule has 0 radical (unpaired) electrons. The van der Waals surface area contributed by atoms with Crippen molar-refractivity contribution in [1.29, 1.82) is 0 Å². The molecule has 31 heavy (non-hydrogen) atoms. The van der Waals surface area contributed by atoms with E-state index >= 15 is 0 Å². The van der Waals surface area contributed by atoms with Gasteiger partial charge in [-0.15, -0.1) is 16.4 Å². The van der Waals surface area contributed by atoms with Gasteiger partial charge in [0.15, 0.2) is 0 Å². The lowest BCUT2D eigenvalue weighted by atomic mass is 10.0. The number of nitrogens with one attached hydrogen (secondary N) is 1. The van der Waals surface area contributed by atoms with E-state index < -0.39 is 0 Å². The SMILES string of the molecule is Cc1ccc(-c2c(C)sc3nc(CSc4nnnn4CC4CCCO4)[nH]c(=O)c23)cc1. The average Bonchev–Trinajstić information content (AvgIpc) is 3.48. The number of rotatable bonds is 6. The summed E-state index contributed by atoms with van der Waals surface area (Å²) in [5.41, 5.74) is 3.08. The number of benzene rings is 1. The Hall–Kier alpha value is -2.56. The van der Waals surface area contributed by atoms with Crippen molar-refractivity contribution in [2.24, 2.45) is 0 Å². The van der Waals surface area contributed by atoms with Crippen LogP contribution in [0.2, 0.25) is 0 Å². The third-order valence-corrected chi connectivity index (χ3v) is 7.33. The Morgan fingerprint density at radius 3 is 2.90 bits per heavy atom. The molecule has 0 spiro atoms. The summed E-state index contributed by atoms with van der Waals surface area (Å²) in [5.74, 6) is 1.10. The molecule has 0 amide bonds. The lowest BCUT2D eigenvalue weighted by molar-refractivity contribution is 0.0912. The Labute approximate surface area is 187 Å². The van der Waals surface area contributed by atoms with E-state index in [0.29, 0.717) is 28.7 Å². The van der Waals surface area contributed by atoms with Crippen molar-refractivity contribution in [1.82, 2.24) is 30.2 Å². The molecule has 4 heterocycles. The van der Waals surface area contributed by atoms with Crippen molar-refractivity contribution in [3.8, 4) is 11.1 Å². The Morgan fingerprint density at radius 2 is 2.13 bits per heavy atom. The van der Waals surface area contributed by atoms with Crippen LogP contribution in [0.3, 0.4) is 0 Å². The fourth-order valence-corrected chi connectivity index (χ4v) is 5.65. The highest BCUT2D eigenvalue weighted by Crippen LogP contribution is 2.35. The van der Waals surface area contributed by atoms with E-state index in [1.54, 1.807) is 16.0 Å². The summed E-state index contributed by atoms with van der Waals surface area (Å²) in [4.78, 5) is 22.5. The third-order valence-electron chi connectivity index (χ3n) is 5.36. The van der Waals surface area contributed by atoms with Crippen LogP contribution >= 0.6 is 23.1 Å². The fraction of sp³-hybridized carbons (Fsp3) is 0.381. The first-order valence-corrected chi connectivity index (χ1v) is 12.0. The molecule has 0 saturated carbocycles. The summed E-state index contributed by atoms with van der Waals surface area (Å²) in [6, 6.07) is 8.24. The molecule has 8 nitrogen and oxygen atoms in total. The quantitative estimate of drug-likeness (QED) is 0.443. The molecule has 1 fully saturated rings. The van der Waals surface area contributed by atoms with Gasteiger partial charge in [-0.2, -0.15) is 0 Å². The van der Waals surface area contributed by atoms with Crippen LogP contribution < -0.4 is 5.56 Å². The summed E-state index contributed by atoms with van der Waals surface area (Å²) < 4.78 is 7.45. The number of thioether (sulfide) groups is 1. The second kappa shape index (κ2) is 8.52. The van der Waals surface area contributed by atoms with Crippen LogP contribution in [0.25, 0.3) is 21.3 Å². The van der Waals surface area contributed by atoms with Crippen molar-refractivity contribution in [3.63, 3.8) is 0 Å². The van der Waals surface area contributed by atoms with Gasteiger partial charge in [0.05, 0.1) is 23.8 Å². The second-order valence-electron chi connectivity index (χ2n) is 7.66. The van der Waals surface area contributed by atoms with Crippen molar-refractivity contribution in [2.45, 2.75) is 50.2 Å². The number of ether oxygens (including phenoxy) is 1. The van der Waals surface area contributed by atoms with Crippen LogP contribution in [0.5, 0.6) is 0 Å². The molecule has 1 saturated heterocycles. The molecule has 10 heteroatoms. The van der Waals surface area contributed by atoms with Gasteiger partial charge in [-0.25, -0.2) is 9.67 Å². The third kappa shape index (κ3) is 4.15. The number of tetrazole rings is 1. The molecule has 0 aliphatic carbocycles. The summed E-state index contributed by atoms with van der Waals surface area (Å²) in [6.45, 7) is 5.53. The summed E-state index contributed by atoms with van der Waals surface area (Å²) in [5, 5.41) is 13.3. The lowest BCUT2D eigenvalue weighted by Crippen LogP contribution is -2.17. The zero-order valence-electron chi connectivity index (χ0n) is 17.3. The minimum atomic E-state index is -0.112. The largest absolute Gasteiger partial charge is 0.376 e. The van der Waals surface area contributed by atoms with Gasteiger partial charge in [-0.1, -0.05) is 41.6 Å².